The van der Waals surface area contributed by atoms with Crippen LogP contribution in [0.5, 0.6) is 0 Å². The van der Waals surface area contributed by atoms with E-state index in [0.717, 1.165) is 11.3 Å². The van der Waals surface area contributed by atoms with Crippen LogP contribution in [0.25, 0.3) is 10.9 Å². The van der Waals surface area contributed by atoms with Crippen LogP contribution >= 0.6 is 0 Å². The van der Waals surface area contributed by atoms with E-state index in [-0.39, 0.29) is 23.5 Å². The second-order valence-electron chi connectivity index (χ2n) is 8.51. The number of aryl methyl sites for hydroxylation is 2. The number of aromatic nitrogens is 2. The summed E-state index contributed by atoms with van der Waals surface area (Å²) < 4.78 is 16.3. The SMILES string of the molecule is Cc1ccc(NC(=O)c2cccc(CC(C)C#N)c2F)cc1Nc1ccc2ncn(C)c(=O)c2c1. The lowest BCUT2D eigenvalue weighted by Crippen LogP contribution is -2.17. The molecule has 0 bridgehead atoms. The molecule has 35 heavy (non-hydrogen) atoms. The lowest BCUT2D eigenvalue weighted by molar-refractivity contribution is 0.102. The molecule has 4 aromatic rings. The van der Waals surface area contributed by atoms with E-state index in [1.54, 1.807) is 50.4 Å². The fraction of sp³-hybridized carbons (Fsp3) is 0.185. The minimum absolute atomic E-state index is 0.0828. The number of carbonyl (C=O) groups excluding carboxylic acids is 1. The summed E-state index contributed by atoms with van der Waals surface area (Å²) in [4.78, 5) is 29.5. The Bertz CT molecular complexity index is 1540. The Morgan fingerprint density at radius 1 is 1.17 bits per heavy atom. The Labute approximate surface area is 201 Å². The molecule has 0 aliphatic heterocycles. The summed E-state index contributed by atoms with van der Waals surface area (Å²) in [5.41, 5.74) is 3.52. The lowest BCUT2D eigenvalue weighted by atomic mass is 9.99. The number of nitriles is 1. The standard InChI is InChI=1S/C27H24FN5O2/c1-16(14-29)11-18-5-4-6-21(25(18)28)26(34)32-20-8-7-17(2)24(13-20)31-19-9-10-23-22(12-19)27(35)33(3)15-30-23/h4-10,12-13,15-16,31H,11H2,1-3H3,(H,32,34). The maximum Gasteiger partial charge on any atom is 0.260 e. The van der Waals surface area contributed by atoms with Gasteiger partial charge in [0.05, 0.1) is 28.9 Å². The Hall–Kier alpha value is -4.51. The second-order valence-corrected chi connectivity index (χ2v) is 8.51. The van der Waals surface area contributed by atoms with Crippen molar-refractivity contribution in [3.8, 4) is 6.07 Å². The second kappa shape index (κ2) is 9.77. The molecule has 1 amide bonds. The average molecular weight is 470 g/mol. The van der Waals surface area contributed by atoms with Crippen LogP contribution in [0.3, 0.4) is 0 Å². The topological polar surface area (TPSA) is 99.8 Å². The van der Waals surface area contributed by atoms with E-state index in [2.05, 4.69) is 21.7 Å². The number of hydrogen-bond acceptors (Lipinski definition) is 5. The van der Waals surface area contributed by atoms with E-state index >= 15 is 0 Å². The summed E-state index contributed by atoms with van der Waals surface area (Å²) in [6, 6.07) is 17.3. The van der Waals surface area contributed by atoms with Crippen LogP contribution in [0.15, 0.2) is 65.7 Å². The maximum atomic E-state index is 14.9. The van der Waals surface area contributed by atoms with E-state index < -0.39 is 11.7 Å². The number of hydrogen-bond donors (Lipinski definition) is 2. The summed E-state index contributed by atoms with van der Waals surface area (Å²) in [5.74, 6) is -1.56. The van der Waals surface area contributed by atoms with Gasteiger partial charge in [-0.05, 0) is 67.8 Å². The van der Waals surface area contributed by atoms with Crippen LogP contribution in [0.1, 0.15) is 28.4 Å². The van der Waals surface area contributed by atoms with E-state index in [4.69, 9.17) is 5.26 Å². The van der Waals surface area contributed by atoms with Crippen molar-refractivity contribution in [1.29, 1.82) is 5.26 Å². The fourth-order valence-electron chi connectivity index (χ4n) is 3.77. The Balaban J connectivity index is 1.58. The molecule has 1 aromatic heterocycles. The molecule has 3 aromatic carbocycles. The predicted octanol–water partition coefficient (Wildman–Crippen LogP) is 5.08. The van der Waals surface area contributed by atoms with Gasteiger partial charge < -0.3 is 15.2 Å². The van der Waals surface area contributed by atoms with Crippen molar-refractivity contribution in [2.45, 2.75) is 20.3 Å². The number of nitrogens with one attached hydrogen (secondary N) is 2. The first-order valence-corrected chi connectivity index (χ1v) is 11.1. The zero-order chi connectivity index (χ0) is 25.1. The minimum Gasteiger partial charge on any atom is -0.355 e. The van der Waals surface area contributed by atoms with E-state index in [1.807, 2.05) is 19.1 Å². The summed E-state index contributed by atoms with van der Waals surface area (Å²) in [6.07, 6.45) is 1.71. The predicted molar refractivity (Wildman–Crippen MR) is 134 cm³/mol. The quantitative estimate of drug-likeness (QED) is 0.410. The van der Waals surface area contributed by atoms with Gasteiger partial charge >= 0.3 is 0 Å². The third kappa shape index (κ3) is 5.04. The van der Waals surface area contributed by atoms with Crippen molar-refractivity contribution >= 4 is 33.9 Å². The first-order valence-electron chi connectivity index (χ1n) is 11.1. The summed E-state index contributed by atoms with van der Waals surface area (Å²) >= 11 is 0. The fourth-order valence-corrected chi connectivity index (χ4v) is 3.77. The summed E-state index contributed by atoms with van der Waals surface area (Å²) in [6.45, 7) is 3.62. The molecule has 0 fully saturated rings. The molecule has 0 spiro atoms. The Morgan fingerprint density at radius 2 is 1.94 bits per heavy atom. The van der Waals surface area contributed by atoms with Crippen LogP contribution < -0.4 is 16.2 Å². The normalized spacial score (nSPS) is 11.6. The van der Waals surface area contributed by atoms with Crippen LogP contribution in [-0.2, 0) is 13.5 Å². The molecular weight excluding hydrogens is 445 g/mol. The van der Waals surface area contributed by atoms with Gasteiger partial charge in [0.15, 0.2) is 0 Å². The first-order chi connectivity index (χ1) is 16.8. The van der Waals surface area contributed by atoms with Crippen molar-refractivity contribution in [3.63, 3.8) is 0 Å². The molecule has 0 saturated carbocycles. The van der Waals surface area contributed by atoms with Crippen molar-refractivity contribution < 1.29 is 9.18 Å². The third-order valence-electron chi connectivity index (χ3n) is 5.76. The van der Waals surface area contributed by atoms with Crippen LogP contribution in [0, 0.1) is 30.0 Å². The van der Waals surface area contributed by atoms with Gasteiger partial charge in [0.1, 0.15) is 5.82 Å². The number of fused-ring (bicyclic) bond motifs is 1. The molecule has 1 unspecified atom stereocenters. The van der Waals surface area contributed by atoms with Gasteiger partial charge in [-0.3, -0.25) is 9.59 Å². The monoisotopic (exact) mass is 469 g/mol. The Morgan fingerprint density at radius 3 is 2.71 bits per heavy atom. The number of anilines is 3. The van der Waals surface area contributed by atoms with Crippen molar-refractivity contribution in [2.75, 3.05) is 10.6 Å². The number of carbonyl (C=O) groups is 1. The molecule has 176 valence electrons. The lowest BCUT2D eigenvalue weighted by Gasteiger charge is -2.14. The highest BCUT2D eigenvalue weighted by Gasteiger charge is 2.17. The smallest absolute Gasteiger partial charge is 0.260 e. The van der Waals surface area contributed by atoms with Gasteiger partial charge in [-0.1, -0.05) is 18.2 Å². The van der Waals surface area contributed by atoms with Gasteiger partial charge in [-0.15, -0.1) is 0 Å². The minimum atomic E-state index is -0.621. The van der Waals surface area contributed by atoms with Gasteiger partial charge in [0.25, 0.3) is 11.5 Å². The molecule has 4 rings (SSSR count). The Kier molecular flexibility index (Phi) is 6.60. The van der Waals surface area contributed by atoms with E-state index in [9.17, 15) is 14.0 Å². The highest BCUT2D eigenvalue weighted by atomic mass is 19.1. The largest absolute Gasteiger partial charge is 0.355 e. The van der Waals surface area contributed by atoms with E-state index in [1.165, 1.54) is 17.0 Å². The molecular formula is C27H24FN5O2. The molecule has 0 saturated heterocycles. The molecule has 0 aliphatic rings. The third-order valence-corrected chi connectivity index (χ3v) is 5.76. The number of nitrogens with zero attached hydrogens (tertiary/aromatic N) is 3. The first kappa shape index (κ1) is 23.6. The number of halogens is 1. The molecule has 7 nitrogen and oxygen atoms in total. The number of amides is 1. The highest BCUT2D eigenvalue weighted by molar-refractivity contribution is 6.05. The summed E-state index contributed by atoms with van der Waals surface area (Å²) in [7, 11) is 1.65. The molecule has 0 radical (unpaired) electrons. The maximum absolute atomic E-state index is 14.9. The van der Waals surface area contributed by atoms with E-state index in [0.29, 0.717) is 27.8 Å². The zero-order valence-electron chi connectivity index (χ0n) is 19.6. The zero-order valence-corrected chi connectivity index (χ0v) is 19.6. The molecule has 1 heterocycles. The highest BCUT2D eigenvalue weighted by Crippen LogP contribution is 2.26. The molecule has 0 aliphatic carbocycles. The van der Waals surface area contributed by atoms with Crippen molar-refractivity contribution in [2.24, 2.45) is 13.0 Å². The number of rotatable bonds is 6. The molecule has 2 N–H and O–H groups in total. The summed E-state index contributed by atoms with van der Waals surface area (Å²) in [5, 5.41) is 15.5. The number of benzene rings is 3. The van der Waals surface area contributed by atoms with Crippen molar-refractivity contribution in [1.82, 2.24) is 9.55 Å². The molecule has 1 atom stereocenters. The van der Waals surface area contributed by atoms with Crippen molar-refractivity contribution in [3.05, 3.63) is 93.8 Å². The van der Waals surface area contributed by atoms with Crippen LogP contribution in [0.2, 0.25) is 0 Å². The van der Waals surface area contributed by atoms with Crippen LogP contribution in [-0.4, -0.2) is 15.5 Å². The van der Waals surface area contributed by atoms with Gasteiger partial charge in [-0.25, -0.2) is 9.37 Å². The van der Waals surface area contributed by atoms with Gasteiger partial charge in [-0.2, -0.15) is 5.26 Å². The van der Waals surface area contributed by atoms with Crippen LogP contribution in [0.4, 0.5) is 21.5 Å². The molecule has 8 heteroatoms. The van der Waals surface area contributed by atoms with Gasteiger partial charge in [0, 0.05) is 30.0 Å². The average Bonchev–Trinajstić information content (AvgIpc) is 2.85. The van der Waals surface area contributed by atoms with Gasteiger partial charge in [0.2, 0.25) is 0 Å².